The number of Topliss-reactive ketones (excluding diaryl/α,β-unsaturated/α-hetero) is 1. The number of hydrogen-bond donors (Lipinski definition) is 0. The van der Waals surface area contributed by atoms with Crippen molar-refractivity contribution in [2.75, 3.05) is 0 Å². The molecule has 1 unspecified atom stereocenters. The number of nitrogens with zero attached hydrogens (tertiary/aromatic N) is 1. The number of carbonyl (C=O) groups excluding carboxylic acids is 2. The van der Waals surface area contributed by atoms with Gasteiger partial charge in [-0.2, -0.15) is 0 Å². The molecular weight excluding hydrogens is 238 g/mol. The molecule has 1 aliphatic heterocycles. The van der Waals surface area contributed by atoms with Gasteiger partial charge in [0.05, 0.1) is 0 Å². The molecule has 1 heterocycles. The zero-order valence-electron chi connectivity index (χ0n) is 12.3. The Labute approximate surface area is 114 Å². The molecule has 0 amide bonds. The number of benzene rings is 1. The van der Waals surface area contributed by atoms with Crippen LogP contribution in [0.2, 0.25) is 0 Å². The highest BCUT2D eigenvalue weighted by Crippen LogP contribution is 2.41. The average molecular weight is 259 g/mol. The van der Waals surface area contributed by atoms with Crippen LogP contribution < -0.4 is 0 Å². The van der Waals surface area contributed by atoms with Gasteiger partial charge < -0.3 is 0 Å². The number of aldehydes is 1. The Bertz CT molecular complexity index is 540. The van der Waals surface area contributed by atoms with Crippen LogP contribution in [-0.4, -0.2) is 22.5 Å². The third-order valence-corrected chi connectivity index (χ3v) is 3.79. The number of carbonyl (C=O) groups is 2. The van der Waals surface area contributed by atoms with Gasteiger partial charge in [-0.05, 0) is 51.3 Å². The minimum Gasteiger partial charge on any atom is -0.295 e. The van der Waals surface area contributed by atoms with Crippen LogP contribution in [0.25, 0.3) is 0 Å². The number of ketones is 1. The maximum absolute atomic E-state index is 12.1. The van der Waals surface area contributed by atoms with E-state index in [1.807, 2.05) is 6.92 Å². The zero-order valence-corrected chi connectivity index (χ0v) is 12.3. The van der Waals surface area contributed by atoms with E-state index >= 15 is 0 Å². The van der Waals surface area contributed by atoms with E-state index < -0.39 is 6.04 Å². The van der Waals surface area contributed by atoms with Crippen molar-refractivity contribution in [3.63, 3.8) is 0 Å². The summed E-state index contributed by atoms with van der Waals surface area (Å²) >= 11 is 0. The fraction of sp³-hybridized carbons (Fsp3) is 0.500. The van der Waals surface area contributed by atoms with Crippen molar-refractivity contribution in [1.82, 2.24) is 4.90 Å². The first-order valence-electron chi connectivity index (χ1n) is 6.61. The van der Waals surface area contributed by atoms with Crippen molar-refractivity contribution in [3.8, 4) is 0 Å². The van der Waals surface area contributed by atoms with Crippen molar-refractivity contribution in [3.05, 3.63) is 34.4 Å². The molecule has 0 fully saturated rings. The van der Waals surface area contributed by atoms with Crippen LogP contribution in [0.1, 0.15) is 49.1 Å². The highest BCUT2D eigenvalue weighted by atomic mass is 16.2. The summed E-state index contributed by atoms with van der Waals surface area (Å²) in [6.45, 7) is 11.0. The van der Waals surface area contributed by atoms with E-state index in [1.54, 1.807) is 0 Å². The highest BCUT2D eigenvalue weighted by molar-refractivity contribution is 6.27. The fourth-order valence-electron chi connectivity index (χ4n) is 3.00. The van der Waals surface area contributed by atoms with Gasteiger partial charge in [0.2, 0.25) is 5.78 Å². The van der Waals surface area contributed by atoms with Crippen LogP contribution in [-0.2, 0) is 16.1 Å². The first kappa shape index (κ1) is 13.9. The van der Waals surface area contributed by atoms with Gasteiger partial charge in [0.15, 0.2) is 6.29 Å². The van der Waals surface area contributed by atoms with Crippen LogP contribution in [0.5, 0.6) is 0 Å². The van der Waals surface area contributed by atoms with E-state index in [0.717, 1.165) is 17.7 Å². The minimum absolute atomic E-state index is 0.150. The molecule has 0 radical (unpaired) electrons. The third-order valence-electron chi connectivity index (χ3n) is 3.79. The Morgan fingerprint density at radius 3 is 2.47 bits per heavy atom. The lowest BCUT2D eigenvalue weighted by Crippen LogP contribution is -2.43. The molecule has 0 spiro atoms. The summed E-state index contributed by atoms with van der Waals surface area (Å²) in [6, 6.07) is 3.78. The predicted molar refractivity (Wildman–Crippen MR) is 75.0 cm³/mol. The zero-order chi connectivity index (χ0) is 14.4. The number of fused-ring (bicyclic) bond motifs is 1. The van der Waals surface area contributed by atoms with Crippen LogP contribution in [0.4, 0.5) is 0 Å². The van der Waals surface area contributed by atoms with Gasteiger partial charge in [-0.3, -0.25) is 14.5 Å². The topological polar surface area (TPSA) is 37.4 Å². The Morgan fingerprint density at radius 1 is 1.32 bits per heavy atom. The molecule has 102 valence electrons. The standard InChI is InChI=1S/C16H21NO2/c1-10-6-11(2)14-12(7-10)8-17(16(3,4)5)15(14)13(19)9-18/h6-7,9,15H,8H2,1-5H3. The first-order chi connectivity index (χ1) is 8.75. The van der Waals surface area contributed by atoms with Crippen LogP contribution in [0.15, 0.2) is 12.1 Å². The largest absolute Gasteiger partial charge is 0.295 e. The van der Waals surface area contributed by atoms with Crippen molar-refractivity contribution in [1.29, 1.82) is 0 Å². The molecular formula is C16H21NO2. The fourth-order valence-corrected chi connectivity index (χ4v) is 3.00. The molecule has 3 heteroatoms. The van der Waals surface area contributed by atoms with Crippen molar-refractivity contribution < 1.29 is 9.59 Å². The van der Waals surface area contributed by atoms with Crippen molar-refractivity contribution in [2.24, 2.45) is 0 Å². The summed E-state index contributed by atoms with van der Waals surface area (Å²) in [5, 5.41) is 0. The monoisotopic (exact) mass is 259 g/mol. The molecule has 19 heavy (non-hydrogen) atoms. The molecule has 1 atom stereocenters. The SMILES string of the molecule is Cc1cc(C)c2c(c1)CN(C(C)(C)C)C2C(=O)C=O. The molecule has 0 aliphatic carbocycles. The highest BCUT2D eigenvalue weighted by Gasteiger charge is 2.41. The van der Waals surface area contributed by atoms with Gasteiger partial charge in [-0.1, -0.05) is 17.7 Å². The van der Waals surface area contributed by atoms with E-state index in [1.165, 1.54) is 11.1 Å². The molecule has 1 aromatic rings. The van der Waals surface area contributed by atoms with E-state index in [-0.39, 0.29) is 11.3 Å². The summed E-state index contributed by atoms with van der Waals surface area (Å²) < 4.78 is 0. The third kappa shape index (κ3) is 2.35. The second-order valence-corrected chi connectivity index (χ2v) is 6.38. The number of rotatable bonds is 2. The van der Waals surface area contributed by atoms with Crippen LogP contribution >= 0.6 is 0 Å². The minimum atomic E-state index is -0.423. The molecule has 0 N–H and O–H groups in total. The number of aryl methyl sites for hydroxylation is 2. The molecule has 0 saturated carbocycles. The lowest BCUT2D eigenvalue weighted by atomic mass is 9.94. The lowest BCUT2D eigenvalue weighted by molar-refractivity contribution is -0.134. The molecule has 1 aliphatic rings. The molecule has 0 saturated heterocycles. The average Bonchev–Trinajstić information content (AvgIpc) is 2.67. The lowest BCUT2D eigenvalue weighted by Gasteiger charge is -2.35. The summed E-state index contributed by atoms with van der Waals surface area (Å²) in [5.41, 5.74) is 4.35. The van der Waals surface area contributed by atoms with E-state index in [2.05, 4.69) is 44.7 Å². The van der Waals surface area contributed by atoms with Gasteiger partial charge in [0.1, 0.15) is 6.04 Å². The predicted octanol–water partition coefficient (Wildman–Crippen LogP) is 2.73. The quantitative estimate of drug-likeness (QED) is 0.605. The summed E-state index contributed by atoms with van der Waals surface area (Å²) in [7, 11) is 0. The van der Waals surface area contributed by atoms with E-state index in [0.29, 0.717) is 6.29 Å². The molecule has 1 aromatic carbocycles. The van der Waals surface area contributed by atoms with Gasteiger partial charge in [0.25, 0.3) is 0 Å². The van der Waals surface area contributed by atoms with Crippen molar-refractivity contribution >= 4 is 12.1 Å². The smallest absolute Gasteiger partial charge is 0.216 e. The van der Waals surface area contributed by atoms with Gasteiger partial charge in [-0.15, -0.1) is 0 Å². The van der Waals surface area contributed by atoms with Crippen LogP contribution in [0.3, 0.4) is 0 Å². The van der Waals surface area contributed by atoms with E-state index in [9.17, 15) is 9.59 Å². The normalized spacial score (nSPS) is 19.3. The van der Waals surface area contributed by atoms with Gasteiger partial charge >= 0.3 is 0 Å². The Balaban J connectivity index is 2.59. The second-order valence-electron chi connectivity index (χ2n) is 6.38. The maximum atomic E-state index is 12.1. The summed E-state index contributed by atoms with van der Waals surface area (Å²) in [4.78, 5) is 25.1. The van der Waals surface area contributed by atoms with E-state index in [4.69, 9.17) is 0 Å². The van der Waals surface area contributed by atoms with Gasteiger partial charge in [0, 0.05) is 12.1 Å². The number of hydrogen-bond acceptors (Lipinski definition) is 3. The van der Waals surface area contributed by atoms with Crippen molar-refractivity contribution in [2.45, 2.75) is 52.7 Å². The van der Waals surface area contributed by atoms with Gasteiger partial charge in [-0.25, -0.2) is 0 Å². The molecule has 2 rings (SSSR count). The Kier molecular flexibility index (Phi) is 3.35. The maximum Gasteiger partial charge on any atom is 0.216 e. The summed E-state index contributed by atoms with van der Waals surface area (Å²) in [6.07, 6.45) is 0.456. The molecule has 0 bridgehead atoms. The van der Waals surface area contributed by atoms with Crippen LogP contribution in [0, 0.1) is 13.8 Å². The second kappa shape index (κ2) is 4.57. The first-order valence-corrected chi connectivity index (χ1v) is 6.61. The molecule has 3 nitrogen and oxygen atoms in total. The Morgan fingerprint density at radius 2 is 1.95 bits per heavy atom. The summed E-state index contributed by atoms with van der Waals surface area (Å²) in [5.74, 6) is -0.347. The Hall–Kier alpha value is -1.48. The molecule has 0 aromatic heterocycles.